The zero-order chi connectivity index (χ0) is 23.6. The Kier molecular flexibility index (Phi) is 6.49. The summed E-state index contributed by atoms with van der Waals surface area (Å²) in [6.45, 7) is 4.46. The molecule has 2 aliphatic rings. The first-order valence-electron chi connectivity index (χ1n) is 11.0. The summed E-state index contributed by atoms with van der Waals surface area (Å²) >= 11 is 0. The van der Waals surface area contributed by atoms with E-state index in [1.807, 2.05) is 24.0 Å². The van der Waals surface area contributed by atoms with Crippen molar-refractivity contribution >= 4 is 23.2 Å². The van der Waals surface area contributed by atoms with Crippen LogP contribution in [0.15, 0.2) is 48.5 Å². The second-order valence-electron chi connectivity index (χ2n) is 8.19. The number of hydrogen-bond donors (Lipinski definition) is 0. The molecule has 2 saturated heterocycles. The molecule has 0 unspecified atom stereocenters. The van der Waals surface area contributed by atoms with Crippen LogP contribution >= 0.6 is 0 Å². The zero-order valence-corrected chi connectivity index (χ0v) is 18.3. The SMILES string of the molecule is CCOc1ccc(N2C[C@@H](C(=O)N3CCN(c4cccc(C(F)(F)F)c4)CC3)CC2=O)cc1. The van der Waals surface area contributed by atoms with Crippen molar-refractivity contribution in [1.82, 2.24) is 4.90 Å². The highest BCUT2D eigenvalue weighted by atomic mass is 19.4. The fourth-order valence-corrected chi connectivity index (χ4v) is 4.33. The maximum Gasteiger partial charge on any atom is 0.416 e. The Morgan fingerprint density at radius 3 is 2.36 bits per heavy atom. The molecule has 176 valence electrons. The summed E-state index contributed by atoms with van der Waals surface area (Å²) < 4.78 is 44.4. The van der Waals surface area contributed by atoms with Crippen LogP contribution in [-0.2, 0) is 15.8 Å². The van der Waals surface area contributed by atoms with Crippen molar-refractivity contribution in [2.24, 2.45) is 5.92 Å². The molecule has 0 radical (unpaired) electrons. The first-order valence-corrected chi connectivity index (χ1v) is 11.0. The molecular formula is C24H26F3N3O3. The third-order valence-corrected chi connectivity index (χ3v) is 6.06. The molecule has 2 amide bonds. The summed E-state index contributed by atoms with van der Waals surface area (Å²) in [7, 11) is 0. The number of halogens is 3. The molecule has 2 aliphatic heterocycles. The zero-order valence-electron chi connectivity index (χ0n) is 18.3. The van der Waals surface area contributed by atoms with E-state index in [1.54, 1.807) is 28.0 Å². The highest BCUT2D eigenvalue weighted by molar-refractivity contribution is 6.00. The molecule has 1 atom stereocenters. The molecule has 0 aliphatic carbocycles. The standard InChI is InChI=1S/C24H26F3N3O3/c1-2-33-21-8-6-19(7-9-21)30-16-17(14-22(30)31)23(32)29-12-10-28(11-13-29)20-5-3-4-18(15-20)24(25,26)27/h3-9,15,17H,2,10-14,16H2,1H3/t17-/m0/s1. The van der Waals surface area contributed by atoms with Crippen molar-refractivity contribution in [3.8, 4) is 5.75 Å². The smallest absolute Gasteiger partial charge is 0.416 e. The molecule has 2 aromatic rings. The molecule has 2 heterocycles. The Labute approximate surface area is 190 Å². The van der Waals surface area contributed by atoms with E-state index in [1.165, 1.54) is 6.07 Å². The summed E-state index contributed by atoms with van der Waals surface area (Å²) in [5.74, 6) is 0.115. The van der Waals surface area contributed by atoms with Gasteiger partial charge in [0.15, 0.2) is 0 Å². The van der Waals surface area contributed by atoms with Crippen LogP contribution in [0.4, 0.5) is 24.5 Å². The van der Waals surface area contributed by atoms with Crippen LogP contribution in [0.3, 0.4) is 0 Å². The lowest BCUT2D eigenvalue weighted by atomic mass is 10.1. The van der Waals surface area contributed by atoms with Crippen LogP contribution in [0.25, 0.3) is 0 Å². The van der Waals surface area contributed by atoms with Gasteiger partial charge in [-0.25, -0.2) is 0 Å². The van der Waals surface area contributed by atoms with Gasteiger partial charge in [-0.3, -0.25) is 9.59 Å². The molecule has 2 aromatic carbocycles. The van der Waals surface area contributed by atoms with Gasteiger partial charge < -0.3 is 19.4 Å². The summed E-state index contributed by atoms with van der Waals surface area (Å²) in [4.78, 5) is 30.8. The van der Waals surface area contributed by atoms with Gasteiger partial charge in [0.25, 0.3) is 0 Å². The first kappa shape index (κ1) is 22.9. The molecule has 2 fully saturated rings. The maximum absolute atomic E-state index is 13.1. The van der Waals surface area contributed by atoms with Gasteiger partial charge in [0, 0.05) is 50.5 Å². The van der Waals surface area contributed by atoms with Crippen molar-refractivity contribution < 1.29 is 27.5 Å². The topological polar surface area (TPSA) is 53.1 Å². The molecule has 0 aromatic heterocycles. The van der Waals surface area contributed by atoms with Crippen LogP contribution in [0, 0.1) is 5.92 Å². The number of hydrogen-bond acceptors (Lipinski definition) is 4. The maximum atomic E-state index is 13.1. The van der Waals surface area contributed by atoms with E-state index in [4.69, 9.17) is 4.74 Å². The van der Waals surface area contributed by atoms with Gasteiger partial charge in [-0.05, 0) is 49.4 Å². The fourth-order valence-electron chi connectivity index (χ4n) is 4.33. The second kappa shape index (κ2) is 9.33. The number of piperazine rings is 1. The number of alkyl halides is 3. The lowest BCUT2D eigenvalue weighted by molar-refractivity contribution is -0.137. The van der Waals surface area contributed by atoms with Gasteiger partial charge in [0.2, 0.25) is 11.8 Å². The van der Waals surface area contributed by atoms with Crippen molar-refractivity contribution in [2.45, 2.75) is 19.5 Å². The quantitative estimate of drug-likeness (QED) is 0.680. The van der Waals surface area contributed by atoms with E-state index in [9.17, 15) is 22.8 Å². The minimum atomic E-state index is -4.39. The fraction of sp³-hybridized carbons (Fsp3) is 0.417. The van der Waals surface area contributed by atoms with Gasteiger partial charge in [0.1, 0.15) is 5.75 Å². The molecule has 0 saturated carbocycles. The number of ether oxygens (including phenoxy) is 1. The van der Waals surface area contributed by atoms with E-state index in [-0.39, 0.29) is 18.2 Å². The van der Waals surface area contributed by atoms with Gasteiger partial charge in [0.05, 0.1) is 18.1 Å². The molecule has 0 bridgehead atoms. The van der Waals surface area contributed by atoms with Gasteiger partial charge in [-0.1, -0.05) is 6.07 Å². The van der Waals surface area contributed by atoms with Crippen LogP contribution in [0.1, 0.15) is 18.9 Å². The molecular weight excluding hydrogens is 435 g/mol. The number of carbonyl (C=O) groups is 2. The molecule has 6 nitrogen and oxygen atoms in total. The van der Waals surface area contributed by atoms with Crippen molar-refractivity contribution in [2.75, 3.05) is 49.1 Å². The van der Waals surface area contributed by atoms with Crippen molar-refractivity contribution in [3.63, 3.8) is 0 Å². The summed E-state index contributed by atoms with van der Waals surface area (Å²) in [5, 5.41) is 0. The highest BCUT2D eigenvalue weighted by Gasteiger charge is 2.38. The molecule has 33 heavy (non-hydrogen) atoms. The van der Waals surface area contributed by atoms with Crippen molar-refractivity contribution in [1.29, 1.82) is 0 Å². The largest absolute Gasteiger partial charge is 0.494 e. The number of benzene rings is 2. The van der Waals surface area contributed by atoms with E-state index in [2.05, 4.69) is 0 Å². The van der Waals surface area contributed by atoms with Gasteiger partial charge in [-0.15, -0.1) is 0 Å². The predicted molar refractivity (Wildman–Crippen MR) is 118 cm³/mol. The summed E-state index contributed by atoms with van der Waals surface area (Å²) in [6.07, 6.45) is -4.24. The summed E-state index contributed by atoms with van der Waals surface area (Å²) in [5.41, 5.74) is 0.542. The lowest BCUT2D eigenvalue weighted by Gasteiger charge is -2.37. The van der Waals surface area contributed by atoms with E-state index >= 15 is 0 Å². The normalized spacial score (nSPS) is 19.2. The monoisotopic (exact) mass is 461 g/mol. The van der Waals surface area contributed by atoms with Gasteiger partial charge >= 0.3 is 6.18 Å². The third kappa shape index (κ3) is 5.07. The Balaban J connectivity index is 1.35. The van der Waals surface area contributed by atoms with E-state index in [0.29, 0.717) is 45.0 Å². The number of nitrogens with zero attached hydrogens (tertiary/aromatic N) is 3. The Bertz CT molecular complexity index is 1000. The molecule has 9 heteroatoms. The van der Waals surface area contributed by atoms with E-state index in [0.717, 1.165) is 23.6 Å². The highest BCUT2D eigenvalue weighted by Crippen LogP contribution is 2.32. The van der Waals surface area contributed by atoms with Crippen molar-refractivity contribution in [3.05, 3.63) is 54.1 Å². The number of anilines is 2. The number of carbonyl (C=O) groups excluding carboxylic acids is 2. The number of amides is 2. The first-order chi connectivity index (χ1) is 15.8. The lowest BCUT2D eigenvalue weighted by Crippen LogP contribution is -2.50. The summed E-state index contributed by atoms with van der Waals surface area (Å²) in [6, 6.07) is 12.5. The average molecular weight is 461 g/mol. The van der Waals surface area contributed by atoms with Gasteiger partial charge in [-0.2, -0.15) is 13.2 Å². The Morgan fingerprint density at radius 1 is 1.03 bits per heavy atom. The third-order valence-electron chi connectivity index (χ3n) is 6.06. The van der Waals surface area contributed by atoms with E-state index < -0.39 is 17.7 Å². The molecule has 0 spiro atoms. The van der Waals surface area contributed by atoms with Crippen LogP contribution in [-0.4, -0.2) is 56.0 Å². The predicted octanol–water partition coefficient (Wildman–Crippen LogP) is 3.81. The number of rotatable bonds is 5. The van der Waals surface area contributed by atoms with Crippen LogP contribution < -0.4 is 14.5 Å². The Hall–Kier alpha value is -3.23. The average Bonchev–Trinajstić information content (AvgIpc) is 3.20. The second-order valence-corrected chi connectivity index (χ2v) is 8.19. The van der Waals surface area contributed by atoms with Crippen LogP contribution in [0.5, 0.6) is 5.75 Å². The molecule has 0 N–H and O–H groups in total. The minimum Gasteiger partial charge on any atom is -0.494 e. The minimum absolute atomic E-state index is 0.0829. The molecule has 4 rings (SSSR count). The van der Waals surface area contributed by atoms with Crippen LogP contribution in [0.2, 0.25) is 0 Å². The Morgan fingerprint density at radius 2 is 1.73 bits per heavy atom.